The summed E-state index contributed by atoms with van der Waals surface area (Å²) in [6, 6.07) is 0. The molecule has 1 saturated carbocycles. The number of nitrogens with zero attached hydrogens (tertiary/aromatic N) is 2. The van der Waals surface area contributed by atoms with Crippen molar-refractivity contribution < 1.29 is 9.59 Å². The van der Waals surface area contributed by atoms with Crippen LogP contribution >= 0.6 is 0 Å². The van der Waals surface area contributed by atoms with E-state index in [9.17, 15) is 9.59 Å². The molecular formula is C18H27N3O2. The monoisotopic (exact) mass is 317 g/mol. The van der Waals surface area contributed by atoms with Gasteiger partial charge >= 0.3 is 0 Å². The Hall–Kier alpha value is -1.65. The van der Waals surface area contributed by atoms with Crippen LogP contribution < -0.4 is 5.43 Å². The zero-order valence-electron chi connectivity index (χ0n) is 14.2. The number of hydrogen-bond acceptors (Lipinski definition) is 3. The minimum Gasteiger partial charge on any atom is -0.333 e. The first-order valence-corrected chi connectivity index (χ1v) is 8.78. The van der Waals surface area contributed by atoms with Gasteiger partial charge in [-0.15, -0.1) is 0 Å². The van der Waals surface area contributed by atoms with Gasteiger partial charge in [-0.2, -0.15) is 5.10 Å². The second kappa shape index (κ2) is 6.46. The average Bonchev–Trinajstić information content (AvgIpc) is 2.72. The molecule has 2 bridgehead atoms. The van der Waals surface area contributed by atoms with Crippen molar-refractivity contribution >= 4 is 18.0 Å². The Balaban J connectivity index is 1.49. The smallest absolute Gasteiger partial charge is 0.259 e. The van der Waals surface area contributed by atoms with Crippen molar-refractivity contribution in [2.24, 2.45) is 22.4 Å². The molecule has 5 heteroatoms. The van der Waals surface area contributed by atoms with Crippen molar-refractivity contribution in [3.05, 3.63) is 11.6 Å². The third kappa shape index (κ3) is 3.33. The molecular weight excluding hydrogens is 290 g/mol. The molecule has 2 atom stereocenters. The van der Waals surface area contributed by atoms with E-state index in [-0.39, 0.29) is 18.4 Å². The molecule has 0 spiro atoms. The zero-order valence-corrected chi connectivity index (χ0v) is 14.2. The Morgan fingerprint density at radius 3 is 3.00 bits per heavy atom. The van der Waals surface area contributed by atoms with Crippen LogP contribution in [0, 0.1) is 17.3 Å². The minimum absolute atomic E-state index is 0.0823. The molecule has 2 fully saturated rings. The highest BCUT2D eigenvalue weighted by Crippen LogP contribution is 2.58. The summed E-state index contributed by atoms with van der Waals surface area (Å²) in [5, 5.41) is 4.12. The van der Waals surface area contributed by atoms with E-state index in [1.165, 1.54) is 12.0 Å². The van der Waals surface area contributed by atoms with E-state index in [2.05, 4.69) is 30.5 Å². The third-order valence-electron chi connectivity index (χ3n) is 5.92. The highest BCUT2D eigenvalue weighted by Gasteiger charge is 2.50. The van der Waals surface area contributed by atoms with E-state index >= 15 is 0 Å². The lowest BCUT2D eigenvalue weighted by atomic mass is 9.49. The number of amides is 2. The van der Waals surface area contributed by atoms with Crippen LogP contribution in [-0.4, -0.2) is 36.0 Å². The van der Waals surface area contributed by atoms with Crippen LogP contribution in [0.5, 0.6) is 0 Å². The number of fused-ring (bicyclic) bond motifs is 1. The summed E-state index contributed by atoms with van der Waals surface area (Å²) in [7, 11) is 0. The maximum Gasteiger partial charge on any atom is 0.259 e. The van der Waals surface area contributed by atoms with Gasteiger partial charge in [-0.05, 0) is 48.5 Å². The van der Waals surface area contributed by atoms with Gasteiger partial charge < -0.3 is 4.90 Å². The van der Waals surface area contributed by atoms with Crippen LogP contribution in [-0.2, 0) is 9.59 Å². The zero-order chi connectivity index (χ0) is 16.4. The lowest BCUT2D eigenvalue weighted by Crippen LogP contribution is -2.48. The van der Waals surface area contributed by atoms with E-state index in [4.69, 9.17) is 0 Å². The van der Waals surface area contributed by atoms with E-state index in [0.717, 1.165) is 31.6 Å². The predicted molar refractivity (Wildman–Crippen MR) is 89.8 cm³/mol. The Kier molecular flexibility index (Phi) is 4.55. The van der Waals surface area contributed by atoms with Crippen molar-refractivity contribution in [2.45, 2.75) is 52.4 Å². The molecule has 1 heterocycles. The topological polar surface area (TPSA) is 61.8 Å². The first-order valence-electron chi connectivity index (χ1n) is 8.78. The molecule has 4 rings (SSSR count). The van der Waals surface area contributed by atoms with Gasteiger partial charge in [-0.1, -0.05) is 26.3 Å². The summed E-state index contributed by atoms with van der Waals surface area (Å²) in [4.78, 5) is 25.5. The molecule has 0 unspecified atom stereocenters. The molecule has 1 aliphatic heterocycles. The molecule has 126 valence electrons. The first-order chi connectivity index (χ1) is 11.0. The Morgan fingerprint density at radius 1 is 1.43 bits per heavy atom. The SMILES string of the molecule is CC1(C)[C@H]2CC=C(C=NNC(=O)CN3CCCCCC3=O)[C@H]1C2. The fraction of sp³-hybridized carbons (Fsp3) is 0.722. The van der Waals surface area contributed by atoms with Crippen molar-refractivity contribution in [2.75, 3.05) is 13.1 Å². The molecule has 0 aromatic rings. The minimum atomic E-state index is -0.210. The number of hydrazone groups is 1. The molecule has 0 aromatic carbocycles. The lowest BCUT2D eigenvalue weighted by molar-refractivity contribution is -0.135. The number of nitrogens with one attached hydrogen (secondary N) is 1. The summed E-state index contributed by atoms with van der Waals surface area (Å²) in [6.45, 7) is 5.43. The maximum absolute atomic E-state index is 12.0. The second-order valence-electron chi connectivity index (χ2n) is 7.67. The third-order valence-corrected chi connectivity index (χ3v) is 5.92. The summed E-state index contributed by atoms with van der Waals surface area (Å²) >= 11 is 0. The van der Waals surface area contributed by atoms with Crippen molar-refractivity contribution in [3.8, 4) is 0 Å². The summed E-state index contributed by atoms with van der Waals surface area (Å²) in [6.07, 6.45) is 9.92. The van der Waals surface area contributed by atoms with Crippen molar-refractivity contribution in [1.82, 2.24) is 10.3 Å². The van der Waals surface area contributed by atoms with Gasteiger partial charge in [0, 0.05) is 13.0 Å². The van der Waals surface area contributed by atoms with Crippen molar-refractivity contribution in [3.63, 3.8) is 0 Å². The van der Waals surface area contributed by atoms with E-state index in [1.807, 2.05) is 0 Å². The van der Waals surface area contributed by atoms with Crippen LogP contribution in [0.4, 0.5) is 0 Å². The van der Waals surface area contributed by atoms with Gasteiger partial charge in [0.05, 0.1) is 6.21 Å². The van der Waals surface area contributed by atoms with Gasteiger partial charge in [-0.25, -0.2) is 5.43 Å². The van der Waals surface area contributed by atoms with E-state index < -0.39 is 0 Å². The number of hydrogen-bond donors (Lipinski definition) is 1. The summed E-state index contributed by atoms with van der Waals surface area (Å²) in [5.41, 5.74) is 4.18. The molecule has 23 heavy (non-hydrogen) atoms. The molecule has 0 radical (unpaired) electrons. The number of allylic oxidation sites excluding steroid dienone is 2. The van der Waals surface area contributed by atoms with Gasteiger partial charge in [0.1, 0.15) is 6.54 Å². The molecule has 5 nitrogen and oxygen atoms in total. The van der Waals surface area contributed by atoms with Crippen LogP contribution in [0.2, 0.25) is 0 Å². The highest BCUT2D eigenvalue weighted by atomic mass is 16.2. The molecule has 1 saturated heterocycles. The average molecular weight is 317 g/mol. The normalized spacial score (nSPS) is 29.7. The summed E-state index contributed by atoms with van der Waals surface area (Å²) < 4.78 is 0. The quantitative estimate of drug-likeness (QED) is 0.639. The van der Waals surface area contributed by atoms with Gasteiger partial charge in [0.2, 0.25) is 5.91 Å². The van der Waals surface area contributed by atoms with E-state index in [1.54, 1.807) is 11.1 Å². The largest absolute Gasteiger partial charge is 0.333 e. The standard InChI is InChI=1S/C18H27N3O2/c1-18(2)14-8-7-13(15(18)10-14)11-19-20-16(22)12-21-9-5-3-4-6-17(21)23/h7,11,14-15H,3-6,8-10,12H2,1-2H3,(H,20,22)/t14-,15+/m0/s1. The number of rotatable bonds is 4. The Labute approximate surface area is 138 Å². The van der Waals surface area contributed by atoms with Gasteiger partial charge in [0.25, 0.3) is 5.91 Å². The Bertz CT molecular complexity index is 550. The van der Waals surface area contributed by atoms with Crippen LogP contribution in [0.25, 0.3) is 0 Å². The predicted octanol–water partition coefficient (Wildman–Crippen LogP) is 2.48. The molecule has 4 aliphatic rings. The second-order valence-corrected chi connectivity index (χ2v) is 7.67. The maximum atomic E-state index is 12.0. The molecule has 0 aromatic heterocycles. The van der Waals surface area contributed by atoms with Gasteiger partial charge in [-0.3, -0.25) is 9.59 Å². The fourth-order valence-corrected chi connectivity index (χ4v) is 4.14. The lowest BCUT2D eigenvalue weighted by Gasteiger charge is -2.55. The number of carbonyl (C=O) groups excluding carboxylic acids is 2. The highest BCUT2D eigenvalue weighted by molar-refractivity contribution is 5.86. The number of likely N-dealkylation sites (tertiary alicyclic amines) is 1. The number of carbonyl (C=O) groups is 2. The van der Waals surface area contributed by atoms with Gasteiger partial charge in [0.15, 0.2) is 0 Å². The first kappa shape index (κ1) is 16.2. The molecule has 1 N–H and O–H groups in total. The van der Waals surface area contributed by atoms with E-state index in [0.29, 0.717) is 24.3 Å². The van der Waals surface area contributed by atoms with Crippen LogP contribution in [0.3, 0.4) is 0 Å². The van der Waals surface area contributed by atoms with Crippen molar-refractivity contribution in [1.29, 1.82) is 0 Å². The summed E-state index contributed by atoms with van der Waals surface area (Å²) in [5.74, 6) is 1.24. The van der Waals surface area contributed by atoms with Crippen LogP contribution in [0.1, 0.15) is 52.4 Å². The Morgan fingerprint density at radius 2 is 2.26 bits per heavy atom. The van der Waals surface area contributed by atoms with Crippen LogP contribution in [0.15, 0.2) is 16.8 Å². The fourth-order valence-electron chi connectivity index (χ4n) is 4.14. The molecule has 3 aliphatic carbocycles. The molecule has 2 amide bonds.